The van der Waals surface area contributed by atoms with Crippen molar-refractivity contribution in [1.82, 2.24) is 14.8 Å². The van der Waals surface area contributed by atoms with E-state index >= 15 is 0 Å². The molecule has 0 saturated heterocycles. The fourth-order valence-corrected chi connectivity index (χ4v) is 4.30. The van der Waals surface area contributed by atoms with Crippen LogP contribution in [0.3, 0.4) is 0 Å². The number of benzene rings is 2. The van der Waals surface area contributed by atoms with E-state index < -0.39 is 0 Å². The van der Waals surface area contributed by atoms with Gasteiger partial charge in [0.2, 0.25) is 0 Å². The Morgan fingerprint density at radius 3 is 2.31 bits per heavy atom. The van der Waals surface area contributed by atoms with Gasteiger partial charge in [0.15, 0.2) is 0 Å². The molecule has 1 aromatic heterocycles. The molecule has 0 aliphatic carbocycles. The van der Waals surface area contributed by atoms with Gasteiger partial charge in [-0.2, -0.15) is 5.10 Å². The molecule has 0 fully saturated rings. The molecule has 5 heteroatoms. The Labute approximate surface area is 158 Å². The molecule has 0 amide bonds. The summed E-state index contributed by atoms with van der Waals surface area (Å²) < 4.78 is 15.4. The third kappa shape index (κ3) is 4.94. The molecule has 0 aliphatic rings. The van der Waals surface area contributed by atoms with Gasteiger partial charge >= 0.3 is 0 Å². The summed E-state index contributed by atoms with van der Waals surface area (Å²) >= 11 is 1.78. The van der Waals surface area contributed by atoms with E-state index in [1.54, 1.807) is 24.4 Å². The summed E-state index contributed by atoms with van der Waals surface area (Å²) in [4.78, 5) is 5.33. The highest BCUT2D eigenvalue weighted by atomic mass is 32.2. The van der Waals surface area contributed by atoms with E-state index in [1.807, 2.05) is 35.0 Å². The van der Waals surface area contributed by atoms with Crippen molar-refractivity contribution >= 4 is 11.8 Å². The Morgan fingerprint density at radius 2 is 1.73 bits per heavy atom. The zero-order valence-corrected chi connectivity index (χ0v) is 16.2. The molecular weight excluding hydrogens is 345 g/mol. The van der Waals surface area contributed by atoms with E-state index in [1.165, 1.54) is 17.0 Å². The largest absolute Gasteiger partial charge is 0.248 e. The normalized spacial score (nSPS) is 14.2. The van der Waals surface area contributed by atoms with Crippen LogP contribution < -0.4 is 0 Å². The molecule has 0 saturated carbocycles. The second-order valence-electron chi connectivity index (χ2n) is 7.61. The summed E-state index contributed by atoms with van der Waals surface area (Å²) in [5, 5.41) is 4.52. The SMILES string of the molecule is CC(C)(C)CC(C(Sc1ccccc1)c1ccc(F)cc1)n1cncn1. The first-order valence-electron chi connectivity index (χ1n) is 8.74. The molecule has 0 spiro atoms. The van der Waals surface area contributed by atoms with Crippen molar-refractivity contribution in [2.24, 2.45) is 5.41 Å². The minimum atomic E-state index is -0.217. The summed E-state index contributed by atoms with van der Waals surface area (Å²) in [6.45, 7) is 6.68. The first-order valence-corrected chi connectivity index (χ1v) is 9.62. The quantitative estimate of drug-likeness (QED) is 0.505. The predicted octanol–water partition coefficient (Wildman–Crippen LogP) is 5.93. The van der Waals surface area contributed by atoms with Gasteiger partial charge in [0.1, 0.15) is 18.5 Å². The molecular formula is C21H24FN3S. The summed E-state index contributed by atoms with van der Waals surface area (Å²) in [6.07, 6.45) is 4.28. The Morgan fingerprint density at radius 1 is 1.04 bits per heavy atom. The number of aromatic nitrogens is 3. The minimum absolute atomic E-state index is 0.0962. The molecule has 0 bridgehead atoms. The maximum Gasteiger partial charge on any atom is 0.137 e. The third-order valence-corrected chi connectivity index (χ3v) is 5.54. The summed E-state index contributed by atoms with van der Waals surface area (Å²) in [5.74, 6) is -0.217. The Balaban J connectivity index is 2.02. The highest BCUT2D eigenvalue weighted by molar-refractivity contribution is 7.99. The van der Waals surface area contributed by atoms with Gasteiger partial charge < -0.3 is 0 Å². The highest BCUT2D eigenvalue weighted by Crippen LogP contribution is 2.46. The second-order valence-corrected chi connectivity index (χ2v) is 8.83. The molecule has 2 unspecified atom stereocenters. The van der Waals surface area contributed by atoms with Crippen molar-refractivity contribution in [3.8, 4) is 0 Å². The van der Waals surface area contributed by atoms with Crippen LogP contribution in [0, 0.1) is 11.2 Å². The van der Waals surface area contributed by atoms with E-state index in [-0.39, 0.29) is 22.5 Å². The van der Waals surface area contributed by atoms with Gasteiger partial charge in [-0.3, -0.25) is 0 Å². The number of hydrogen-bond acceptors (Lipinski definition) is 3. The second kappa shape index (κ2) is 8.04. The highest BCUT2D eigenvalue weighted by Gasteiger charge is 2.30. The molecule has 136 valence electrons. The molecule has 0 N–H and O–H groups in total. The number of nitrogens with zero attached hydrogens (tertiary/aromatic N) is 3. The van der Waals surface area contributed by atoms with E-state index in [2.05, 4.69) is 43.0 Å². The Hall–Kier alpha value is -2.14. The first-order chi connectivity index (χ1) is 12.4. The van der Waals surface area contributed by atoms with Crippen molar-refractivity contribution in [3.63, 3.8) is 0 Å². The number of hydrogen-bond donors (Lipinski definition) is 0. The number of thioether (sulfide) groups is 1. The van der Waals surface area contributed by atoms with Crippen LogP contribution in [-0.2, 0) is 0 Å². The minimum Gasteiger partial charge on any atom is -0.248 e. The summed E-state index contributed by atoms with van der Waals surface area (Å²) in [7, 11) is 0. The van der Waals surface area contributed by atoms with E-state index in [4.69, 9.17) is 0 Å². The average Bonchev–Trinajstić information content (AvgIpc) is 3.13. The van der Waals surface area contributed by atoms with E-state index in [9.17, 15) is 4.39 Å². The zero-order chi connectivity index (χ0) is 18.6. The summed E-state index contributed by atoms with van der Waals surface area (Å²) in [6, 6.07) is 17.2. The van der Waals surface area contributed by atoms with Gasteiger partial charge in [-0.25, -0.2) is 14.1 Å². The van der Waals surface area contributed by atoms with E-state index in [0.29, 0.717) is 0 Å². The molecule has 2 atom stereocenters. The van der Waals surface area contributed by atoms with Gasteiger partial charge in [0, 0.05) is 4.90 Å². The average molecular weight is 370 g/mol. The topological polar surface area (TPSA) is 30.7 Å². The first kappa shape index (κ1) is 18.6. The molecule has 26 heavy (non-hydrogen) atoms. The monoisotopic (exact) mass is 369 g/mol. The zero-order valence-electron chi connectivity index (χ0n) is 15.3. The van der Waals surface area contributed by atoms with Crippen LogP contribution in [0.1, 0.15) is 44.0 Å². The van der Waals surface area contributed by atoms with Crippen LogP contribution in [0.25, 0.3) is 0 Å². The van der Waals surface area contributed by atoms with Crippen molar-refractivity contribution in [2.75, 3.05) is 0 Å². The maximum atomic E-state index is 13.5. The van der Waals surface area contributed by atoms with Gasteiger partial charge in [0.05, 0.1) is 11.3 Å². The Bertz CT molecular complexity index is 796. The van der Waals surface area contributed by atoms with Crippen LogP contribution in [0.15, 0.2) is 72.1 Å². The molecule has 3 nitrogen and oxygen atoms in total. The van der Waals surface area contributed by atoms with Gasteiger partial charge in [0.25, 0.3) is 0 Å². The van der Waals surface area contributed by atoms with Crippen molar-refractivity contribution in [3.05, 3.63) is 78.6 Å². The van der Waals surface area contributed by atoms with Crippen molar-refractivity contribution in [2.45, 2.75) is 43.4 Å². The molecule has 3 aromatic rings. The number of halogens is 1. The lowest BCUT2D eigenvalue weighted by molar-refractivity contribution is 0.274. The lowest BCUT2D eigenvalue weighted by Crippen LogP contribution is -2.22. The van der Waals surface area contributed by atoms with Gasteiger partial charge in [-0.15, -0.1) is 11.8 Å². The lowest BCUT2D eigenvalue weighted by atomic mass is 9.85. The molecule has 0 aliphatic heterocycles. The van der Waals surface area contributed by atoms with Crippen molar-refractivity contribution < 1.29 is 4.39 Å². The fraction of sp³-hybridized carbons (Fsp3) is 0.333. The fourth-order valence-electron chi connectivity index (χ4n) is 3.02. The molecule has 2 aromatic carbocycles. The van der Waals surface area contributed by atoms with Crippen LogP contribution in [0.4, 0.5) is 4.39 Å². The number of rotatable bonds is 6. The van der Waals surface area contributed by atoms with Gasteiger partial charge in [-0.1, -0.05) is 51.1 Å². The predicted molar refractivity (Wildman–Crippen MR) is 105 cm³/mol. The van der Waals surface area contributed by atoms with Crippen LogP contribution in [-0.4, -0.2) is 14.8 Å². The Kier molecular flexibility index (Phi) is 5.77. The third-order valence-electron chi connectivity index (χ3n) is 4.15. The van der Waals surface area contributed by atoms with E-state index in [0.717, 1.165) is 12.0 Å². The smallest absolute Gasteiger partial charge is 0.137 e. The standard InChI is InChI=1S/C21H24FN3S/c1-21(2,3)13-19(25-15-23-14-24-25)20(16-9-11-17(22)12-10-16)26-18-7-5-4-6-8-18/h4-12,14-15,19-20H,13H2,1-3H3. The molecule has 1 heterocycles. The lowest BCUT2D eigenvalue weighted by Gasteiger charge is -2.32. The van der Waals surface area contributed by atoms with Gasteiger partial charge in [-0.05, 0) is 41.7 Å². The summed E-state index contributed by atoms with van der Waals surface area (Å²) in [5.41, 5.74) is 1.21. The van der Waals surface area contributed by atoms with Crippen LogP contribution in [0.2, 0.25) is 0 Å². The van der Waals surface area contributed by atoms with Crippen LogP contribution >= 0.6 is 11.8 Å². The maximum absolute atomic E-state index is 13.5. The molecule has 0 radical (unpaired) electrons. The van der Waals surface area contributed by atoms with Crippen LogP contribution in [0.5, 0.6) is 0 Å². The van der Waals surface area contributed by atoms with Crippen molar-refractivity contribution in [1.29, 1.82) is 0 Å². The molecule has 3 rings (SSSR count).